The number of ketones is 1. The molecule has 2 nitrogen and oxygen atoms in total. The molecule has 0 N–H and O–H groups in total. The molecule has 0 aromatic rings. The molecule has 0 heterocycles. The van der Waals surface area contributed by atoms with Crippen LogP contribution in [0.1, 0.15) is 0 Å². The van der Waals surface area contributed by atoms with E-state index in [1.807, 2.05) is 0 Å². The summed E-state index contributed by atoms with van der Waals surface area (Å²) in [6.45, 7) is 0. The van der Waals surface area contributed by atoms with Gasteiger partial charge in [-0.15, -0.1) is 0 Å². The van der Waals surface area contributed by atoms with Crippen LogP contribution in [-0.4, -0.2) is 12.1 Å². The summed E-state index contributed by atoms with van der Waals surface area (Å²) in [5.74, 6) is -0.336. The van der Waals surface area contributed by atoms with Crippen molar-refractivity contribution in [3.8, 4) is 0 Å². The molecule has 0 saturated carbocycles. The third-order valence-corrected chi connectivity index (χ3v) is 4.78. The molecule has 0 atom stereocenters. The summed E-state index contributed by atoms with van der Waals surface area (Å²) < 4.78 is 0.380. The molecule has 4 heteroatoms. The fourth-order valence-electron chi connectivity index (χ4n) is 0.152. The predicted molar refractivity (Wildman–Crippen MR) is 21.7 cm³/mol. The Hall–Kier alpha value is 0.565. The molecule has 0 fully saturated rings. The summed E-state index contributed by atoms with van der Waals surface area (Å²) in [6.07, 6.45) is 0.336. The number of halogens is 1. The molecule has 0 aromatic heterocycles. The van der Waals surface area contributed by atoms with E-state index >= 15 is 0 Å². The van der Waals surface area contributed by atoms with E-state index in [4.69, 9.17) is 8.25 Å². The normalized spacial score (nSPS) is 7.00. The minimum atomic E-state index is -1.35. The maximum atomic E-state index is 10.0. The number of aldehydes is 1. The molecule has 0 aliphatic carbocycles. The first-order valence-corrected chi connectivity index (χ1v) is 12.5. The first kappa shape index (κ1) is 7.57. The van der Waals surface area contributed by atoms with E-state index in [0.29, 0.717) is 10.2 Å². The van der Waals surface area contributed by atoms with Gasteiger partial charge in [0, 0.05) is 0 Å². The number of rotatable bonds is 3. The Morgan fingerprint density at radius 1 is 1.86 bits per heavy atom. The average Bonchev–Trinajstić information content (AvgIpc) is 1.68. The molecule has 7 heavy (non-hydrogen) atoms. The molecule has 0 radical (unpaired) electrons. The van der Waals surface area contributed by atoms with Crippen LogP contribution in [0.25, 0.3) is 0 Å². The van der Waals surface area contributed by atoms with E-state index in [-0.39, 0.29) is 5.78 Å². The molecule has 0 unspecified atom stereocenters. The number of Topliss-reactive ketones (excluding diaryl/α,β-unsaturated/α-hetero) is 1. The standard InChI is InChI=1S/C3H3O2.ClH.Hg/c1-3(5)2-4;;/h2H,1H2;1H;/q;;+1/p-1. The van der Waals surface area contributed by atoms with Crippen molar-refractivity contribution in [2.75, 3.05) is 0 Å². The molecular weight excluding hydrogens is 304 g/mol. The van der Waals surface area contributed by atoms with Crippen LogP contribution in [0.5, 0.6) is 0 Å². The Morgan fingerprint density at radius 3 is 2.57 bits per heavy atom. The van der Waals surface area contributed by atoms with Crippen LogP contribution in [0.3, 0.4) is 0 Å². The molecule has 0 bridgehead atoms. The Labute approximate surface area is 57.1 Å². The van der Waals surface area contributed by atoms with Crippen LogP contribution in [0.4, 0.5) is 0 Å². The quantitative estimate of drug-likeness (QED) is 0.430. The zero-order valence-corrected chi connectivity index (χ0v) is 9.94. The monoisotopic (exact) mass is 308 g/mol. The molecule has 36 valence electrons. The third-order valence-electron chi connectivity index (χ3n) is 0.472. The SMILES string of the molecule is O=CC(=O)[CH2][Hg][Cl]. The fraction of sp³-hybridized carbons (Fsp3) is 0.333. The Morgan fingerprint density at radius 2 is 2.43 bits per heavy atom. The molecule has 0 rings (SSSR count). The Bertz CT molecular complexity index is 83.0. The van der Waals surface area contributed by atoms with Crippen molar-refractivity contribution in [2.45, 2.75) is 3.93 Å². The van der Waals surface area contributed by atoms with Crippen LogP contribution in [0.15, 0.2) is 0 Å². The number of carbonyl (C=O) groups is 2. The van der Waals surface area contributed by atoms with E-state index in [0.717, 1.165) is 0 Å². The molecular formula is C3H3ClHgO2. The van der Waals surface area contributed by atoms with Crippen molar-refractivity contribution in [3.05, 3.63) is 0 Å². The number of hydrogen-bond acceptors (Lipinski definition) is 2. The fourth-order valence-corrected chi connectivity index (χ4v) is 2.97. The number of hydrogen-bond donors (Lipinski definition) is 0. The Balaban J connectivity index is 3.17. The summed E-state index contributed by atoms with van der Waals surface area (Å²) in [5.41, 5.74) is 0. The van der Waals surface area contributed by atoms with Crippen molar-refractivity contribution >= 4 is 20.3 Å². The van der Waals surface area contributed by atoms with Crippen LogP contribution in [-0.2, 0) is 32.9 Å². The van der Waals surface area contributed by atoms with Gasteiger partial charge in [0.05, 0.1) is 0 Å². The van der Waals surface area contributed by atoms with E-state index < -0.39 is 23.3 Å². The van der Waals surface area contributed by atoms with Gasteiger partial charge in [-0.3, -0.25) is 0 Å². The summed E-state index contributed by atoms with van der Waals surface area (Å²) in [6, 6.07) is 0. The summed E-state index contributed by atoms with van der Waals surface area (Å²) in [5, 5.41) is 0. The second kappa shape index (κ2) is 4.72. The van der Waals surface area contributed by atoms with E-state index in [9.17, 15) is 9.59 Å². The molecule has 0 aliphatic heterocycles. The van der Waals surface area contributed by atoms with Gasteiger partial charge < -0.3 is 0 Å². The predicted octanol–water partition coefficient (Wildman–Crippen LogP) is 0.409. The van der Waals surface area contributed by atoms with Gasteiger partial charge in [0.25, 0.3) is 0 Å². The van der Waals surface area contributed by atoms with Gasteiger partial charge in [0.2, 0.25) is 0 Å². The second-order valence-corrected chi connectivity index (χ2v) is 7.75. The number of carbonyl (C=O) groups excluding carboxylic acids is 2. The van der Waals surface area contributed by atoms with Crippen LogP contribution in [0, 0.1) is 0 Å². The van der Waals surface area contributed by atoms with Crippen molar-refractivity contribution in [1.29, 1.82) is 0 Å². The van der Waals surface area contributed by atoms with Gasteiger partial charge in [-0.25, -0.2) is 0 Å². The van der Waals surface area contributed by atoms with E-state index in [1.54, 1.807) is 0 Å². The topological polar surface area (TPSA) is 34.1 Å². The Kier molecular flexibility index (Phi) is 5.10. The molecule has 0 aromatic carbocycles. The van der Waals surface area contributed by atoms with Gasteiger partial charge in [0.15, 0.2) is 0 Å². The van der Waals surface area contributed by atoms with E-state index in [1.165, 1.54) is 0 Å². The first-order chi connectivity index (χ1) is 3.31. The van der Waals surface area contributed by atoms with Gasteiger partial charge in [-0.05, 0) is 0 Å². The average molecular weight is 307 g/mol. The summed E-state index contributed by atoms with van der Waals surface area (Å²) >= 11 is -1.35. The van der Waals surface area contributed by atoms with Crippen molar-refractivity contribution in [1.82, 2.24) is 0 Å². The molecule has 0 aliphatic rings. The summed E-state index contributed by atoms with van der Waals surface area (Å²) in [7, 11) is 5.32. The third kappa shape index (κ3) is 4.42. The molecule has 0 amide bonds. The molecule has 0 spiro atoms. The summed E-state index contributed by atoms with van der Waals surface area (Å²) in [4.78, 5) is 19.5. The molecule has 0 saturated heterocycles. The zero-order chi connectivity index (χ0) is 5.70. The van der Waals surface area contributed by atoms with Crippen molar-refractivity contribution in [3.63, 3.8) is 0 Å². The van der Waals surface area contributed by atoms with Gasteiger partial charge in [-0.2, -0.15) is 0 Å². The second-order valence-electron chi connectivity index (χ2n) is 1.02. The van der Waals surface area contributed by atoms with E-state index in [2.05, 4.69) is 0 Å². The zero-order valence-electron chi connectivity index (χ0n) is 3.69. The van der Waals surface area contributed by atoms with Gasteiger partial charge >= 0.3 is 57.2 Å². The van der Waals surface area contributed by atoms with Crippen molar-refractivity contribution in [2.24, 2.45) is 0 Å². The maximum absolute atomic E-state index is 10.0. The van der Waals surface area contributed by atoms with Crippen LogP contribution >= 0.6 is 8.25 Å². The minimum absolute atomic E-state index is 0.336. The van der Waals surface area contributed by atoms with Crippen LogP contribution < -0.4 is 0 Å². The van der Waals surface area contributed by atoms with Crippen LogP contribution in [0.2, 0.25) is 3.93 Å². The van der Waals surface area contributed by atoms with Gasteiger partial charge in [-0.1, -0.05) is 0 Å². The first-order valence-electron chi connectivity index (χ1n) is 1.85. The van der Waals surface area contributed by atoms with Gasteiger partial charge in [0.1, 0.15) is 0 Å². The van der Waals surface area contributed by atoms with Crippen molar-refractivity contribution < 1.29 is 32.9 Å².